The van der Waals surface area contributed by atoms with Crippen molar-refractivity contribution in [3.63, 3.8) is 0 Å². The smallest absolute Gasteiger partial charge is 0.151 e. The van der Waals surface area contributed by atoms with Gasteiger partial charge in [0.2, 0.25) is 0 Å². The zero-order valence-electron chi connectivity index (χ0n) is 12.8. The second kappa shape index (κ2) is 14.2. The van der Waals surface area contributed by atoms with E-state index in [4.69, 9.17) is 19.3 Å². The predicted molar refractivity (Wildman–Crippen MR) is 75.8 cm³/mol. The Bertz CT molecular complexity index is 167. The van der Waals surface area contributed by atoms with Gasteiger partial charge in [0.15, 0.2) is 6.29 Å². The van der Waals surface area contributed by atoms with Gasteiger partial charge in [0.05, 0.1) is 6.61 Å². The minimum Gasteiger partial charge on any atom is -0.368 e. The first kappa shape index (κ1) is 18.8. The summed E-state index contributed by atoms with van der Waals surface area (Å²) in [5.41, 5.74) is 0. The molecular weight excluding hydrogens is 246 g/mol. The third-order valence-electron chi connectivity index (χ3n) is 2.60. The summed E-state index contributed by atoms with van der Waals surface area (Å²) < 4.78 is 16.3. The van der Waals surface area contributed by atoms with Crippen LogP contribution in [0.5, 0.6) is 0 Å². The lowest BCUT2D eigenvalue weighted by Gasteiger charge is -2.22. The van der Waals surface area contributed by atoms with Crippen molar-refractivity contribution in [3.8, 4) is 0 Å². The lowest BCUT2D eigenvalue weighted by atomic mass is 10.4. The summed E-state index contributed by atoms with van der Waals surface area (Å²) in [6.07, 6.45) is 3.71. The molecule has 1 N–H and O–H groups in total. The largest absolute Gasteiger partial charge is 0.368 e. The van der Waals surface area contributed by atoms with Crippen molar-refractivity contribution in [2.45, 2.75) is 52.7 Å². The SMILES string of the molecule is CCCCOCN(CCOC(C)O)COCCCC. The van der Waals surface area contributed by atoms with Crippen LogP contribution in [0.15, 0.2) is 0 Å². The van der Waals surface area contributed by atoms with Gasteiger partial charge in [-0.25, -0.2) is 0 Å². The molecule has 0 saturated heterocycles. The highest BCUT2D eigenvalue weighted by Crippen LogP contribution is 1.97. The highest BCUT2D eigenvalue weighted by atomic mass is 16.6. The monoisotopic (exact) mass is 277 g/mol. The summed E-state index contributed by atoms with van der Waals surface area (Å²) in [6, 6.07) is 0. The lowest BCUT2D eigenvalue weighted by molar-refractivity contribution is -0.107. The molecule has 0 heterocycles. The van der Waals surface area contributed by atoms with Crippen molar-refractivity contribution >= 4 is 0 Å². The molecular formula is C14H31NO4. The van der Waals surface area contributed by atoms with E-state index in [9.17, 15) is 0 Å². The number of unbranched alkanes of at least 4 members (excludes halogenated alkanes) is 2. The number of aliphatic hydroxyl groups is 1. The van der Waals surface area contributed by atoms with Crippen LogP contribution in [-0.2, 0) is 14.2 Å². The molecule has 0 fully saturated rings. The van der Waals surface area contributed by atoms with Crippen LogP contribution in [0.1, 0.15) is 46.5 Å². The Balaban J connectivity index is 3.72. The molecule has 0 saturated carbocycles. The van der Waals surface area contributed by atoms with Crippen molar-refractivity contribution in [2.24, 2.45) is 0 Å². The van der Waals surface area contributed by atoms with Gasteiger partial charge in [-0.1, -0.05) is 26.7 Å². The van der Waals surface area contributed by atoms with E-state index in [1.165, 1.54) is 0 Å². The van der Waals surface area contributed by atoms with E-state index >= 15 is 0 Å². The van der Waals surface area contributed by atoms with Gasteiger partial charge in [-0.15, -0.1) is 0 Å². The van der Waals surface area contributed by atoms with E-state index in [0.29, 0.717) is 26.6 Å². The molecule has 0 spiro atoms. The number of aliphatic hydroxyl groups excluding tert-OH is 1. The Kier molecular flexibility index (Phi) is 14.1. The van der Waals surface area contributed by atoms with E-state index in [2.05, 4.69) is 13.8 Å². The van der Waals surface area contributed by atoms with Crippen LogP contribution in [0, 0.1) is 0 Å². The van der Waals surface area contributed by atoms with Gasteiger partial charge >= 0.3 is 0 Å². The third-order valence-corrected chi connectivity index (χ3v) is 2.60. The van der Waals surface area contributed by atoms with Gasteiger partial charge in [-0.2, -0.15) is 0 Å². The molecule has 0 amide bonds. The molecule has 0 rings (SSSR count). The van der Waals surface area contributed by atoms with Crippen molar-refractivity contribution in [3.05, 3.63) is 0 Å². The Morgan fingerprint density at radius 2 is 1.47 bits per heavy atom. The van der Waals surface area contributed by atoms with Crippen molar-refractivity contribution in [2.75, 3.05) is 39.8 Å². The first-order valence-corrected chi connectivity index (χ1v) is 7.38. The van der Waals surface area contributed by atoms with E-state index in [-0.39, 0.29) is 0 Å². The standard InChI is InChI=1S/C14H31NO4/c1-4-6-9-17-12-15(8-11-19-14(3)16)13-18-10-7-5-2/h14,16H,4-13H2,1-3H3. The molecule has 1 unspecified atom stereocenters. The lowest BCUT2D eigenvalue weighted by Crippen LogP contribution is -2.33. The van der Waals surface area contributed by atoms with Crippen LogP contribution in [0.4, 0.5) is 0 Å². The number of hydrogen-bond acceptors (Lipinski definition) is 5. The molecule has 0 aliphatic heterocycles. The highest BCUT2D eigenvalue weighted by Gasteiger charge is 2.06. The van der Waals surface area contributed by atoms with Crippen LogP contribution in [-0.4, -0.2) is 56.1 Å². The topological polar surface area (TPSA) is 51.2 Å². The second-order valence-corrected chi connectivity index (χ2v) is 4.65. The average molecular weight is 277 g/mol. The molecule has 0 bridgehead atoms. The molecule has 5 heteroatoms. The zero-order chi connectivity index (χ0) is 14.3. The summed E-state index contributed by atoms with van der Waals surface area (Å²) in [5.74, 6) is 0. The van der Waals surface area contributed by atoms with E-state index < -0.39 is 6.29 Å². The Hall–Kier alpha value is -0.200. The summed E-state index contributed by atoms with van der Waals surface area (Å²) in [5, 5.41) is 9.05. The molecule has 0 aliphatic rings. The van der Waals surface area contributed by atoms with E-state index in [0.717, 1.165) is 38.9 Å². The Morgan fingerprint density at radius 1 is 0.947 bits per heavy atom. The van der Waals surface area contributed by atoms with Crippen LogP contribution >= 0.6 is 0 Å². The van der Waals surface area contributed by atoms with Crippen LogP contribution < -0.4 is 0 Å². The van der Waals surface area contributed by atoms with Crippen LogP contribution in [0.25, 0.3) is 0 Å². The zero-order valence-corrected chi connectivity index (χ0v) is 12.8. The average Bonchev–Trinajstić information content (AvgIpc) is 2.38. The van der Waals surface area contributed by atoms with Gasteiger partial charge in [-0.05, 0) is 19.8 Å². The summed E-state index contributed by atoms with van der Waals surface area (Å²) in [7, 11) is 0. The van der Waals surface area contributed by atoms with E-state index in [1.54, 1.807) is 6.92 Å². The van der Waals surface area contributed by atoms with Gasteiger partial charge < -0.3 is 19.3 Å². The van der Waals surface area contributed by atoms with Crippen molar-refractivity contribution in [1.29, 1.82) is 0 Å². The fraction of sp³-hybridized carbons (Fsp3) is 1.00. The molecule has 0 radical (unpaired) electrons. The molecule has 116 valence electrons. The minimum atomic E-state index is -0.719. The van der Waals surface area contributed by atoms with Gasteiger partial charge in [0.1, 0.15) is 13.5 Å². The van der Waals surface area contributed by atoms with Crippen molar-refractivity contribution in [1.82, 2.24) is 4.90 Å². The maximum absolute atomic E-state index is 9.05. The normalized spacial score (nSPS) is 13.1. The summed E-state index contributed by atoms with van der Waals surface area (Å²) in [6.45, 7) is 9.73. The Morgan fingerprint density at radius 3 is 1.89 bits per heavy atom. The fourth-order valence-electron chi connectivity index (χ4n) is 1.40. The Labute approximate surface area is 117 Å². The third kappa shape index (κ3) is 14.0. The quantitative estimate of drug-likeness (QED) is 0.389. The number of ether oxygens (including phenoxy) is 3. The number of hydrogen-bond donors (Lipinski definition) is 1. The minimum absolute atomic E-state index is 0.478. The van der Waals surface area contributed by atoms with Crippen LogP contribution in [0.3, 0.4) is 0 Å². The number of rotatable bonds is 14. The first-order valence-electron chi connectivity index (χ1n) is 7.38. The van der Waals surface area contributed by atoms with Gasteiger partial charge in [0.25, 0.3) is 0 Å². The molecule has 0 aromatic rings. The fourth-order valence-corrected chi connectivity index (χ4v) is 1.40. The summed E-state index contributed by atoms with van der Waals surface area (Å²) in [4.78, 5) is 2.05. The number of nitrogens with zero attached hydrogens (tertiary/aromatic N) is 1. The maximum Gasteiger partial charge on any atom is 0.151 e. The first-order chi connectivity index (χ1) is 9.20. The van der Waals surface area contributed by atoms with Gasteiger partial charge in [0, 0.05) is 19.8 Å². The molecule has 0 aromatic carbocycles. The maximum atomic E-state index is 9.05. The molecule has 0 aliphatic carbocycles. The highest BCUT2D eigenvalue weighted by molar-refractivity contribution is 4.48. The molecule has 1 atom stereocenters. The predicted octanol–water partition coefficient (Wildman–Crippen LogP) is 2.19. The van der Waals surface area contributed by atoms with Gasteiger partial charge in [-0.3, -0.25) is 4.90 Å². The summed E-state index contributed by atoms with van der Waals surface area (Å²) >= 11 is 0. The molecule has 0 aromatic heterocycles. The second-order valence-electron chi connectivity index (χ2n) is 4.65. The van der Waals surface area contributed by atoms with Crippen molar-refractivity contribution < 1.29 is 19.3 Å². The molecule has 19 heavy (non-hydrogen) atoms. The van der Waals surface area contributed by atoms with Crippen LogP contribution in [0.2, 0.25) is 0 Å². The van der Waals surface area contributed by atoms with E-state index in [1.807, 2.05) is 4.90 Å². The molecule has 5 nitrogen and oxygen atoms in total.